The molecule has 7 nitrogen and oxygen atoms in total. The van der Waals surface area contributed by atoms with Gasteiger partial charge in [-0.2, -0.15) is 0 Å². The second-order valence-electron chi connectivity index (χ2n) is 5.76. The molecule has 1 amide bonds. The van der Waals surface area contributed by atoms with Crippen LogP contribution in [-0.4, -0.2) is 46.8 Å². The van der Waals surface area contributed by atoms with Crippen molar-refractivity contribution in [2.45, 2.75) is 13.8 Å². The molecule has 26 heavy (non-hydrogen) atoms. The largest absolute Gasteiger partial charge is 0.459 e. The highest BCUT2D eigenvalue weighted by Gasteiger charge is 2.18. The third-order valence-corrected chi connectivity index (χ3v) is 5.21. The molecule has 0 unspecified atom stereocenters. The lowest BCUT2D eigenvalue weighted by Gasteiger charge is -2.25. The lowest BCUT2D eigenvalue weighted by Crippen LogP contribution is -2.38. The normalized spacial score (nSPS) is 11.2. The van der Waals surface area contributed by atoms with Gasteiger partial charge in [-0.05, 0) is 50.2 Å². The van der Waals surface area contributed by atoms with E-state index in [0.717, 1.165) is 25.0 Å². The molecule has 0 spiro atoms. The lowest BCUT2D eigenvalue weighted by atomic mass is 10.2. The Morgan fingerprint density at radius 3 is 2.19 bits per heavy atom. The highest BCUT2D eigenvalue weighted by atomic mass is 32.2. The molecule has 0 atom stereocenters. The van der Waals surface area contributed by atoms with E-state index < -0.39 is 10.0 Å². The van der Waals surface area contributed by atoms with Gasteiger partial charge in [0.05, 0.1) is 24.8 Å². The molecule has 0 aliphatic heterocycles. The van der Waals surface area contributed by atoms with Gasteiger partial charge in [-0.3, -0.25) is 9.10 Å². The first-order valence-corrected chi connectivity index (χ1v) is 10.4. The zero-order chi connectivity index (χ0) is 19.2. The number of carbonyl (C=O) groups is 1. The molecular weight excluding hydrogens is 354 g/mol. The molecule has 0 fully saturated rings. The van der Waals surface area contributed by atoms with Crippen LogP contribution in [0.3, 0.4) is 0 Å². The Hall–Kier alpha value is -2.48. The van der Waals surface area contributed by atoms with Crippen molar-refractivity contribution in [3.05, 3.63) is 48.4 Å². The Bertz CT molecular complexity index is 797. The molecule has 1 aromatic carbocycles. The van der Waals surface area contributed by atoms with Crippen molar-refractivity contribution < 1.29 is 17.6 Å². The Labute approximate surface area is 154 Å². The Morgan fingerprint density at radius 2 is 1.69 bits per heavy atom. The molecule has 0 saturated carbocycles. The summed E-state index contributed by atoms with van der Waals surface area (Å²) in [5.41, 5.74) is 1.61. The van der Waals surface area contributed by atoms with E-state index in [0.29, 0.717) is 5.69 Å². The Balaban J connectivity index is 2.06. The van der Waals surface area contributed by atoms with Crippen molar-refractivity contribution in [1.29, 1.82) is 0 Å². The number of hydrogen-bond acceptors (Lipinski definition) is 5. The number of sulfonamides is 1. The molecule has 0 aliphatic rings. The van der Waals surface area contributed by atoms with E-state index in [1.54, 1.807) is 24.3 Å². The van der Waals surface area contributed by atoms with Gasteiger partial charge < -0.3 is 14.6 Å². The van der Waals surface area contributed by atoms with Gasteiger partial charge in [-0.15, -0.1) is 0 Å². The topological polar surface area (TPSA) is 82.9 Å². The number of anilines is 2. The summed E-state index contributed by atoms with van der Waals surface area (Å²) in [6.07, 6.45) is 2.56. The lowest BCUT2D eigenvalue weighted by molar-refractivity contribution is 0.0927. The average Bonchev–Trinajstić information content (AvgIpc) is 3.14. The van der Waals surface area contributed by atoms with E-state index in [9.17, 15) is 13.2 Å². The molecule has 0 radical (unpaired) electrons. The Morgan fingerprint density at radius 1 is 1.08 bits per heavy atom. The maximum Gasteiger partial charge on any atom is 0.287 e. The molecule has 1 N–H and O–H groups in total. The maximum absolute atomic E-state index is 12.2. The van der Waals surface area contributed by atoms with E-state index in [1.807, 2.05) is 12.1 Å². The monoisotopic (exact) mass is 379 g/mol. The van der Waals surface area contributed by atoms with Crippen molar-refractivity contribution >= 4 is 27.3 Å². The van der Waals surface area contributed by atoms with Gasteiger partial charge in [0.15, 0.2) is 5.76 Å². The second kappa shape index (κ2) is 8.75. The summed E-state index contributed by atoms with van der Waals surface area (Å²) in [5, 5.41) is 2.66. The quantitative estimate of drug-likeness (QED) is 0.723. The summed E-state index contributed by atoms with van der Waals surface area (Å²) in [4.78, 5) is 14.1. The van der Waals surface area contributed by atoms with E-state index in [-0.39, 0.29) is 24.8 Å². The van der Waals surface area contributed by atoms with E-state index in [2.05, 4.69) is 24.1 Å². The number of amides is 1. The zero-order valence-corrected chi connectivity index (χ0v) is 16.1. The molecule has 0 bridgehead atoms. The van der Waals surface area contributed by atoms with E-state index in [4.69, 9.17) is 4.42 Å². The van der Waals surface area contributed by atoms with E-state index in [1.165, 1.54) is 10.6 Å². The first-order chi connectivity index (χ1) is 12.4. The summed E-state index contributed by atoms with van der Waals surface area (Å²) in [7, 11) is -3.47. The summed E-state index contributed by atoms with van der Waals surface area (Å²) in [6.45, 7) is 6.21. The molecule has 0 aliphatic carbocycles. The minimum absolute atomic E-state index is 0.135. The van der Waals surface area contributed by atoms with Crippen LogP contribution >= 0.6 is 0 Å². The van der Waals surface area contributed by atoms with Crippen LogP contribution in [-0.2, 0) is 10.0 Å². The highest BCUT2D eigenvalue weighted by Crippen LogP contribution is 2.22. The van der Waals surface area contributed by atoms with Gasteiger partial charge in [0.1, 0.15) is 0 Å². The van der Waals surface area contributed by atoms with Crippen molar-refractivity contribution in [2.75, 3.05) is 41.6 Å². The van der Waals surface area contributed by atoms with Crippen LogP contribution in [0.4, 0.5) is 11.4 Å². The first-order valence-electron chi connectivity index (χ1n) is 8.51. The fraction of sp³-hybridized carbons (Fsp3) is 0.389. The van der Waals surface area contributed by atoms with Crippen molar-refractivity contribution in [2.24, 2.45) is 0 Å². The van der Waals surface area contributed by atoms with Gasteiger partial charge in [-0.25, -0.2) is 8.42 Å². The molecule has 2 aromatic rings. The van der Waals surface area contributed by atoms with Gasteiger partial charge in [0.25, 0.3) is 5.91 Å². The number of carbonyl (C=O) groups excluding carboxylic acids is 1. The number of furan rings is 1. The molecule has 1 aromatic heterocycles. The summed E-state index contributed by atoms with van der Waals surface area (Å²) in [5.74, 6) is -0.181. The predicted octanol–water partition coefficient (Wildman–Crippen LogP) is 2.32. The molecule has 1 heterocycles. The first kappa shape index (κ1) is 19.8. The third-order valence-electron chi connectivity index (χ3n) is 4.01. The van der Waals surface area contributed by atoms with Crippen LogP contribution in [0, 0.1) is 0 Å². The van der Waals surface area contributed by atoms with Crippen molar-refractivity contribution in [3.63, 3.8) is 0 Å². The van der Waals surface area contributed by atoms with Crippen molar-refractivity contribution in [3.8, 4) is 0 Å². The molecule has 0 saturated heterocycles. The Kier molecular flexibility index (Phi) is 6.68. The molecule has 8 heteroatoms. The standard InChI is InChI=1S/C18H25N3O4S/c1-4-20(5-2)15-8-10-16(11-9-15)21(26(3,23)24)13-12-19-18(22)17-7-6-14-25-17/h6-11,14H,4-5,12-13H2,1-3H3,(H,19,22). The SMILES string of the molecule is CCN(CC)c1ccc(N(CCNC(=O)c2ccco2)S(C)(=O)=O)cc1. The number of nitrogens with one attached hydrogen (secondary N) is 1. The van der Waals surface area contributed by atoms with Gasteiger partial charge in [-0.1, -0.05) is 0 Å². The van der Waals surface area contributed by atoms with Crippen LogP contribution in [0.2, 0.25) is 0 Å². The number of rotatable bonds is 9. The smallest absolute Gasteiger partial charge is 0.287 e. The average molecular weight is 379 g/mol. The van der Waals surface area contributed by atoms with Crippen LogP contribution in [0.25, 0.3) is 0 Å². The zero-order valence-electron chi connectivity index (χ0n) is 15.3. The number of hydrogen-bond donors (Lipinski definition) is 1. The fourth-order valence-electron chi connectivity index (χ4n) is 2.67. The van der Waals surface area contributed by atoms with Crippen LogP contribution in [0.5, 0.6) is 0 Å². The summed E-state index contributed by atoms with van der Waals surface area (Å²) < 4.78 is 30.6. The minimum atomic E-state index is -3.47. The number of nitrogens with zero attached hydrogens (tertiary/aromatic N) is 2. The predicted molar refractivity (Wildman–Crippen MR) is 103 cm³/mol. The maximum atomic E-state index is 12.2. The van der Waals surface area contributed by atoms with Crippen LogP contribution in [0.15, 0.2) is 47.1 Å². The molecule has 142 valence electrons. The second-order valence-corrected chi connectivity index (χ2v) is 7.66. The minimum Gasteiger partial charge on any atom is -0.459 e. The van der Waals surface area contributed by atoms with Gasteiger partial charge in [0, 0.05) is 25.3 Å². The highest BCUT2D eigenvalue weighted by molar-refractivity contribution is 7.92. The summed E-state index contributed by atoms with van der Waals surface area (Å²) in [6, 6.07) is 10.5. The summed E-state index contributed by atoms with van der Waals surface area (Å²) >= 11 is 0. The van der Waals surface area contributed by atoms with Crippen molar-refractivity contribution in [1.82, 2.24) is 5.32 Å². The fourth-order valence-corrected chi connectivity index (χ4v) is 3.60. The van der Waals surface area contributed by atoms with E-state index >= 15 is 0 Å². The molecular formula is C18H25N3O4S. The van der Waals surface area contributed by atoms with Gasteiger partial charge >= 0.3 is 0 Å². The van der Waals surface area contributed by atoms with Crippen LogP contribution in [0.1, 0.15) is 24.4 Å². The van der Waals surface area contributed by atoms with Crippen LogP contribution < -0.4 is 14.5 Å². The third kappa shape index (κ3) is 5.01. The number of benzene rings is 1. The van der Waals surface area contributed by atoms with Gasteiger partial charge in [0.2, 0.25) is 10.0 Å². The molecule has 2 rings (SSSR count).